The molecule has 0 amide bonds. The molecule has 2 aromatic rings. The summed E-state index contributed by atoms with van der Waals surface area (Å²) in [4.78, 5) is 10.7. The highest BCUT2D eigenvalue weighted by atomic mass is 19.4. The van der Waals surface area contributed by atoms with Gasteiger partial charge in [-0.2, -0.15) is 18.3 Å². The van der Waals surface area contributed by atoms with Gasteiger partial charge in [0.1, 0.15) is 0 Å². The summed E-state index contributed by atoms with van der Waals surface area (Å²) >= 11 is 0. The number of aromatic carboxylic acids is 1. The fraction of sp³-hybridized carbons (Fsp3) is 0.167. The first kappa shape index (κ1) is 13.9. The molecule has 5 nitrogen and oxygen atoms in total. The highest BCUT2D eigenvalue weighted by Gasteiger charge is 2.32. The second kappa shape index (κ2) is 4.55. The van der Waals surface area contributed by atoms with E-state index in [1.54, 1.807) is 0 Å². The predicted molar refractivity (Wildman–Crippen MR) is 61.9 cm³/mol. The van der Waals surface area contributed by atoms with Crippen molar-refractivity contribution in [2.45, 2.75) is 13.1 Å². The van der Waals surface area contributed by atoms with Crippen molar-refractivity contribution in [2.75, 3.05) is 0 Å². The summed E-state index contributed by atoms with van der Waals surface area (Å²) in [6.45, 7) is 1.32. The molecule has 1 aromatic carbocycles. The van der Waals surface area contributed by atoms with Crippen LogP contribution in [0.5, 0.6) is 5.75 Å². The number of hydrogen-bond acceptors (Lipinski definition) is 3. The van der Waals surface area contributed by atoms with Crippen molar-refractivity contribution < 1.29 is 28.2 Å². The Bertz CT molecular complexity index is 677. The molecule has 20 heavy (non-hydrogen) atoms. The topological polar surface area (TPSA) is 75.4 Å². The average Bonchev–Trinajstić information content (AvgIpc) is 2.70. The van der Waals surface area contributed by atoms with Crippen LogP contribution >= 0.6 is 0 Å². The highest BCUT2D eigenvalue weighted by Crippen LogP contribution is 2.33. The van der Waals surface area contributed by atoms with Crippen LogP contribution in [0.15, 0.2) is 24.4 Å². The van der Waals surface area contributed by atoms with Crippen LogP contribution in [0.4, 0.5) is 13.2 Å². The molecule has 0 aliphatic heterocycles. The van der Waals surface area contributed by atoms with Gasteiger partial charge in [0.2, 0.25) is 5.69 Å². The van der Waals surface area contributed by atoms with E-state index in [4.69, 9.17) is 5.11 Å². The smallest absolute Gasteiger partial charge is 0.416 e. The maximum Gasteiger partial charge on any atom is 0.416 e. The minimum absolute atomic E-state index is 0.00530. The van der Waals surface area contributed by atoms with Crippen molar-refractivity contribution >= 4 is 5.97 Å². The fourth-order valence-corrected chi connectivity index (χ4v) is 1.71. The number of carboxylic acids is 1. The summed E-state index contributed by atoms with van der Waals surface area (Å²) in [5, 5.41) is 21.6. The molecule has 0 saturated carbocycles. The third-order valence-electron chi connectivity index (χ3n) is 2.69. The Balaban J connectivity index is 2.54. The van der Waals surface area contributed by atoms with Gasteiger partial charge in [-0.05, 0) is 24.6 Å². The zero-order valence-corrected chi connectivity index (χ0v) is 10.1. The van der Waals surface area contributed by atoms with Crippen LogP contribution in [0.25, 0.3) is 5.69 Å². The van der Waals surface area contributed by atoms with E-state index in [1.165, 1.54) is 19.1 Å². The zero-order chi connectivity index (χ0) is 15.1. The van der Waals surface area contributed by atoms with Crippen molar-refractivity contribution in [1.29, 1.82) is 0 Å². The number of carbonyl (C=O) groups is 1. The van der Waals surface area contributed by atoms with Crippen molar-refractivity contribution in [3.63, 3.8) is 0 Å². The normalized spacial score (nSPS) is 11.6. The molecule has 0 radical (unpaired) electrons. The van der Waals surface area contributed by atoms with Gasteiger partial charge in [0.05, 0.1) is 17.4 Å². The lowest BCUT2D eigenvalue weighted by Gasteiger charge is -2.11. The largest absolute Gasteiger partial charge is 0.504 e. The van der Waals surface area contributed by atoms with E-state index >= 15 is 0 Å². The molecule has 1 heterocycles. The predicted octanol–water partition coefficient (Wildman–Crippen LogP) is 2.60. The van der Waals surface area contributed by atoms with Crippen LogP contribution in [0.1, 0.15) is 21.6 Å². The van der Waals surface area contributed by atoms with Gasteiger partial charge < -0.3 is 10.2 Å². The number of aryl methyl sites for hydroxylation is 1. The Morgan fingerprint density at radius 3 is 2.50 bits per heavy atom. The van der Waals surface area contributed by atoms with Crippen LogP contribution in [0.3, 0.4) is 0 Å². The van der Waals surface area contributed by atoms with Crippen LogP contribution < -0.4 is 0 Å². The molecule has 1 aromatic heterocycles. The Hall–Kier alpha value is -2.51. The van der Waals surface area contributed by atoms with E-state index in [9.17, 15) is 23.1 Å². The van der Waals surface area contributed by atoms with Crippen LogP contribution in [0, 0.1) is 6.92 Å². The van der Waals surface area contributed by atoms with Gasteiger partial charge in [0.25, 0.3) is 0 Å². The summed E-state index contributed by atoms with van der Waals surface area (Å²) in [6.07, 6.45) is -3.58. The molecule has 0 aliphatic carbocycles. The minimum atomic E-state index is -4.52. The monoisotopic (exact) mass is 286 g/mol. The number of carboxylic acid groups (broad SMARTS) is 1. The lowest BCUT2D eigenvalue weighted by atomic mass is 10.1. The molecule has 0 fully saturated rings. The third-order valence-corrected chi connectivity index (χ3v) is 2.69. The number of hydrogen-bond donors (Lipinski definition) is 2. The minimum Gasteiger partial charge on any atom is -0.504 e. The number of aromatic nitrogens is 2. The number of rotatable bonds is 2. The maximum absolute atomic E-state index is 12.8. The van der Waals surface area contributed by atoms with Crippen molar-refractivity contribution in [3.05, 3.63) is 41.2 Å². The van der Waals surface area contributed by atoms with E-state index in [0.717, 1.165) is 16.9 Å². The Labute approximate surface area is 110 Å². The lowest BCUT2D eigenvalue weighted by molar-refractivity contribution is -0.138. The SMILES string of the molecule is Cc1ccc(-n2cc(O)c(C(=O)O)n2)cc1C(F)(F)F. The zero-order valence-electron chi connectivity index (χ0n) is 10.1. The molecule has 0 spiro atoms. The molecule has 2 N–H and O–H groups in total. The first-order valence-corrected chi connectivity index (χ1v) is 5.40. The van der Waals surface area contributed by atoms with Gasteiger partial charge in [-0.3, -0.25) is 0 Å². The van der Waals surface area contributed by atoms with Gasteiger partial charge >= 0.3 is 12.1 Å². The number of alkyl halides is 3. The van der Waals surface area contributed by atoms with Crippen LogP contribution in [0.2, 0.25) is 0 Å². The van der Waals surface area contributed by atoms with Crippen molar-refractivity contribution in [3.8, 4) is 11.4 Å². The van der Waals surface area contributed by atoms with Crippen molar-refractivity contribution in [1.82, 2.24) is 9.78 Å². The molecule has 0 atom stereocenters. The van der Waals surface area contributed by atoms with Gasteiger partial charge in [-0.15, -0.1) is 0 Å². The summed E-state index contributed by atoms with van der Waals surface area (Å²) in [7, 11) is 0. The number of halogens is 3. The van der Waals surface area contributed by atoms with E-state index in [2.05, 4.69) is 5.10 Å². The highest BCUT2D eigenvalue weighted by molar-refractivity contribution is 5.88. The number of benzene rings is 1. The Kier molecular flexibility index (Phi) is 3.16. The molecule has 0 aliphatic rings. The van der Waals surface area contributed by atoms with Gasteiger partial charge in [-0.1, -0.05) is 6.07 Å². The first-order chi connectivity index (χ1) is 9.20. The first-order valence-electron chi connectivity index (χ1n) is 5.40. The lowest BCUT2D eigenvalue weighted by Crippen LogP contribution is -2.09. The fourth-order valence-electron chi connectivity index (χ4n) is 1.71. The summed E-state index contributed by atoms with van der Waals surface area (Å²) in [6, 6.07) is 3.44. The molecular weight excluding hydrogens is 277 g/mol. The molecule has 2 rings (SSSR count). The molecule has 0 bridgehead atoms. The summed E-state index contributed by atoms with van der Waals surface area (Å²) in [5.41, 5.74) is -1.43. The maximum atomic E-state index is 12.8. The van der Waals surface area contributed by atoms with Gasteiger partial charge in [0.15, 0.2) is 5.75 Å². The van der Waals surface area contributed by atoms with Crippen LogP contribution in [-0.2, 0) is 6.18 Å². The molecule has 0 unspecified atom stereocenters. The Morgan fingerprint density at radius 1 is 1.35 bits per heavy atom. The molecular formula is C12H9F3N2O3. The van der Waals surface area contributed by atoms with Crippen molar-refractivity contribution in [2.24, 2.45) is 0 Å². The average molecular weight is 286 g/mol. The molecule has 106 valence electrons. The van der Waals surface area contributed by atoms with Crippen LogP contribution in [-0.4, -0.2) is 26.0 Å². The van der Waals surface area contributed by atoms with E-state index in [0.29, 0.717) is 0 Å². The number of nitrogens with zero attached hydrogens (tertiary/aromatic N) is 2. The van der Waals surface area contributed by atoms with Gasteiger partial charge in [0, 0.05) is 0 Å². The van der Waals surface area contributed by atoms with E-state index in [-0.39, 0.29) is 11.3 Å². The van der Waals surface area contributed by atoms with E-state index < -0.39 is 29.2 Å². The Morgan fingerprint density at radius 2 is 2.00 bits per heavy atom. The van der Waals surface area contributed by atoms with Gasteiger partial charge in [-0.25, -0.2) is 9.48 Å². The second-order valence-corrected chi connectivity index (χ2v) is 4.11. The summed E-state index contributed by atoms with van der Waals surface area (Å²) < 4.78 is 39.2. The summed E-state index contributed by atoms with van der Waals surface area (Å²) in [5.74, 6) is -2.09. The number of aromatic hydroxyl groups is 1. The third kappa shape index (κ3) is 2.44. The standard InChI is InChI=1S/C12H9F3N2O3/c1-6-2-3-7(4-8(6)12(13,14)15)17-5-9(18)10(16-17)11(19)20/h2-5,18H,1H3,(H,19,20). The van der Waals surface area contributed by atoms with E-state index in [1.807, 2.05) is 0 Å². The molecule has 8 heteroatoms. The quantitative estimate of drug-likeness (QED) is 0.889. The molecule has 0 saturated heterocycles. The second-order valence-electron chi connectivity index (χ2n) is 4.11.